The summed E-state index contributed by atoms with van der Waals surface area (Å²) in [7, 11) is 3.77. The molecule has 0 saturated carbocycles. The van der Waals surface area contributed by atoms with E-state index in [4.69, 9.17) is 26.7 Å². The van der Waals surface area contributed by atoms with Crippen LogP contribution < -0.4 is 9.47 Å². The largest absolute Gasteiger partial charge is 0.483 e. The molecule has 2 aromatic carbocycles. The number of rotatable bonds is 2. The first-order chi connectivity index (χ1) is 13.6. The van der Waals surface area contributed by atoms with E-state index < -0.39 is 0 Å². The van der Waals surface area contributed by atoms with Gasteiger partial charge in [0.25, 0.3) is 5.17 Å². The lowest BCUT2D eigenvalue weighted by Crippen LogP contribution is -2.31. The van der Waals surface area contributed by atoms with Gasteiger partial charge in [-0.2, -0.15) is 0 Å². The molecule has 0 radical (unpaired) electrons. The molecule has 4 nitrogen and oxygen atoms in total. The minimum Gasteiger partial charge on any atom is -0.483 e. The Morgan fingerprint density at radius 3 is 2.45 bits per heavy atom. The molecular weight excluding hydrogens is 380 g/mol. The Morgan fingerprint density at radius 2 is 1.79 bits per heavy atom. The third kappa shape index (κ3) is 3.76. The number of ether oxygens (including phenoxy) is 2. The molecule has 0 spiro atoms. The second-order valence-corrected chi connectivity index (χ2v) is 9.68. The first kappa shape index (κ1) is 19.9. The van der Waals surface area contributed by atoms with Crippen molar-refractivity contribution < 1.29 is 9.47 Å². The van der Waals surface area contributed by atoms with Gasteiger partial charge in [0.05, 0.1) is 11.3 Å². The van der Waals surface area contributed by atoms with E-state index in [1.54, 1.807) is 4.90 Å². The van der Waals surface area contributed by atoms with E-state index >= 15 is 0 Å². The van der Waals surface area contributed by atoms with E-state index in [9.17, 15) is 0 Å². The van der Waals surface area contributed by atoms with E-state index in [2.05, 4.69) is 58.0 Å². The Labute approximate surface area is 178 Å². The van der Waals surface area contributed by atoms with Gasteiger partial charge in [-0.25, -0.2) is 0 Å². The summed E-state index contributed by atoms with van der Waals surface area (Å²) >= 11 is 5.41. The lowest BCUT2D eigenvalue weighted by Gasteiger charge is -2.31. The SMILES string of the molecule is CN(C)C(=S)Oc1cc2c(c3c1OC(C)(C)C3)C(c1ccccc1)=NC(C)(C)C2. The molecule has 5 heteroatoms. The van der Waals surface area contributed by atoms with Crippen molar-refractivity contribution in [1.29, 1.82) is 0 Å². The standard InChI is InChI=1S/C24H28N2O2S/c1-23(2)13-16-12-18(27-22(29)26(5)6)21-17(14-24(3,4)28-21)19(16)20(25-23)15-10-8-7-9-11-15/h7-12H,13-14H2,1-6H3. The second-order valence-electron chi connectivity index (χ2n) is 9.33. The van der Waals surface area contributed by atoms with Crippen LogP contribution in [0.2, 0.25) is 0 Å². The first-order valence-corrected chi connectivity index (χ1v) is 10.4. The molecule has 0 aliphatic carbocycles. The van der Waals surface area contributed by atoms with Gasteiger partial charge in [-0.3, -0.25) is 4.99 Å². The van der Waals surface area contributed by atoms with Gasteiger partial charge in [-0.1, -0.05) is 30.3 Å². The molecule has 0 N–H and O–H groups in total. The molecule has 0 amide bonds. The summed E-state index contributed by atoms with van der Waals surface area (Å²) in [6.07, 6.45) is 1.65. The van der Waals surface area contributed by atoms with E-state index in [1.807, 2.05) is 20.2 Å². The van der Waals surface area contributed by atoms with E-state index in [0.29, 0.717) is 10.9 Å². The van der Waals surface area contributed by atoms with Crippen molar-refractivity contribution in [3.8, 4) is 11.5 Å². The number of thiocarbonyl (C=S) groups is 1. The first-order valence-electron chi connectivity index (χ1n) is 9.99. The normalized spacial score (nSPS) is 18.2. The number of fused-ring (bicyclic) bond motifs is 3. The van der Waals surface area contributed by atoms with Crippen LogP contribution in [-0.2, 0) is 12.8 Å². The zero-order chi connectivity index (χ0) is 21.0. The van der Waals surface area contributed by atoms with E-state index in [0.717, 1.165) is 29.9 Å². The van der Waals surface area contributed by atoms with Crippen molar-refractivity contribution in [1.82, 2.24) is 4.90 Å². The van der Waals surface area contributed by atoms with E-state index in [1.165, 1.54) is 16.7 Å². The third-order valence-electron chi connectivity index (χ3n) is 5.29. The minimum absolute atomic E-state index is 0.194. The highest BCUT2D eigenvalue weighted by molar-refractivity contribution is 7.80. The number of aliphatic imine (C=N–C) groups is 1. The zero-order valence-electron chi connectivity index (χ0n) is 18.0. The molecule has 2 aromatic rings. The number of hydrogen-bond donors (Lipinski definition) is 0. The summed E-state index contributed by atoms with van der Waals surface area (Å²) in [6.45, 7) is 8.58. The molecule has 0 bridgehead atoms. The quantitative estimate of drug-likeness (QED) is 0.669. The Kier molecular flexibility index (Phi) is 4.69. The summed E-state index contributed by atoms with van der Waals surface area (Å²) in [5.41, 5.74) is 5.27. The number of hydrogen-bond acceptors (Lipinski definition) is 4. The van der Waals surface area contributed by atoms with Gasteiger partial charge in [-0.05, 0) is 58.0 Å². The predicted octanol–water partition coefficient (Wildman–Crippen LogP) is 4.80. The lowest BCUT2D eigenvalue weighted by molar-refractivity contribution is 0.135. The highest BCUT2D eigenvalue weighted by Crippen LogP contribution is 2.48. The molecule has 0 saturated heterocycles. The van der Waals surface area contributed by atoms with Crippen molar-refractivity contribution in [3.63, 3.8) is 0 Å². The molecule has 0 fully saturated rings. The molecule has 4 rings (SSSR count). The van der Waals surface area contributed by atoms with Gasteiger partial charge in [0, 0.05) is 37.2 Å². The maximum absolute atomic E-state index is 6.35. The van der Waals surface area contributed by atoms with Crippen LogP contribution in [0.5, 0.6) is 11.5 Å². The Bertz CT molecular complexity index is 1010. The fraction of sp³-hybridized carbons (Fsp3) is 0.417. The Hall–Kier alpha value is -2.40. The van der Waals surface area contributed by atoms with Gasteiger partial charge >= 0.3 is 0 Å². The van der Waals surface area contributed by atoms with Crippen molar-refractivity contribution >= 4 is 23.1 Å². The number of benzene rings is 2. The predicted molar refractivity (Wildman–Crippen MR) is 122 cm³/mol. The molecule has 2 aliphatic rings. The maximum Gasteiger partial charge on any atom is 0.264 e. The molecule has 0 aromatic heterocycles. The summed E-state index contributed by atoms with van der Waals surface area (Å²) < 4.78 is 12.4. The summed E-state index contributed by atoms with van der Waals surface area (Å²) in [5, 5.41) is 0.424. The number of nitrogens with zero attached hydrogens (tertiary/aromatic N) is 2. The van der Waals surface area contributed by atoms with Crippen LogP contribution in [0.1, 0.15) is 49.9 Å². The van der Waals surface area contributed by atoms with Crippen LogP contribution in [0.25, 0.3) is 0 Å². The molecule has 29 heavy (non-hydrogen) atoms. The van der Waals surface area contributed by atoms with Crippen LogP contribution in [0.15, 0.2) is 41.4 Å². The average molecular weight is 409 g/mol. The Morgan fingerprint density at radius 1 is 1.10 bits per heavy atom. The maximum atomic E-state index is 6.35. The monoisotopic (exact) mass is 408 g/mol. The highest BCUT2D eigenvalue weighted by atomic mass is 32.1. The highest BCUT2D eigenvalue weighted by Gasteiger charge is 2.40. The van der Waals surface area contributed by atoms with Crippen molar-refractivity contribution in [3.05, 3.63) is 58.7 Å². The molecular formula is C24H28N2O2S. The minimum atomic E-state index is -0.302. The van der Waals surface area contributed by atoms with Gasteiger partial charge in [0.2, 0.25) is 0 Å². The molecule has 0 atom stereocenters. The van der Waals surface area contributed by atoms with Crippen molar-refractivity contribution in [2.75, 3.05) is 14.1 Å². The Balaban J connectivity index is 1.94. The van der Waals surface area contributed by atoms with Crippen molar-refractivity contribution in [2.24, 2.45) is 4.99 Å². The van der Waals surface area contributed by atoms with Gasteiger partial charge in [0.1, 0.15) is 5.60 Å². The fourth-order valence-corrected chi connectivity index (χ4v) is 4.23. The van der Waals surface area contributed by atoms with Gasteiger partial charge in [-0.15, -0.1) is 0 Å². The van der Waals surface area contributed by atoms with Crippen LogP contribution in [0, 0.1) is 0 Å². The van der Waals surface area contributed by atoms with Crippen LogP contribution in [-0.4, -0.2) is 41.0 Å². The zero-order valence-corrected chi connectivity index (χ0v) is 18.8. The van der Waals surface area contributed by atoms with E-state index in [-0.39, 0.29) is 11.1 Å². The van der Waals surface area contributed by atoms with Crippen LogP contribution >= 0.6 is 12.2 Å². The summed E-state index contributed by atoms with van der Waals surface area (Å²) in [4.78, 5) is 6.95. The van der Waals surface area contributed by atoms with Gasteiger partial charge in [0.15, 0.2) is 11.5 Å². The van der Waals surface area contributed by atoms with Crippen molar-refractivity contribution in [2.45, 2.75) is 51.7 Å². The molecule has 2 heterocycles. The second kappa shape index (κ2) is 6.84. The van der Waals surface area contributed by atoms with Crippen LogP contribution in [0.3, 0.4) is 0 Å². The topological polar surface area (TPSA) is 34.1 Å². The van der Waals surface area contributed by atoms with Crippen LogP contribution in [0.4, 0.5) is 0 Å². The summed E-state index contributed by atoms with van der Waals surface area (Å²) in [6, 6.07) is 12.5. The fourth-order valence-electron chi connectivity index (χ4n) is 4.14. The molecule has 2 aliphatic heterocycles. The molecule has 152 valence electrons. The smallest absolute Gasteiger partial charge is 0.264 e. The average Bonchev–Trinajstić information content (AvgIpc) is 2.96. The van der Waals surface area contributed by atoms with Gasteiger partial charge < -0.3 is 14.4 Å². The summed E-state index contributed by atoms with van der Waals surface area (Å²) in [5.74, 6) is 1.49. The molecule has 0 unspecified atom stereocenters. The lowest BCUT2D eigenvalue weighted by atomic mass is 9.81. The third-order valence-corrected chi connectivity index (χ3v) is 5.74.